The van der Waals surface area contributed by atoms with Crippen molar-refractivity contribution in [2.75, 3.05) is 5.32 Å². The number of para-hydroxylation sites is 1. The maximum Gasteiger partial charge on any atom is 0.275 e. The quantitative estimate of drug-likeness (QED) is 0.480. The van der Waals surface area contributed by atoms with E-state index in [1.807, 2.05) is 30.5 Å². The van der Waals surface area contributed by atoms with Crippen molar-refractivity contribution < 1.29 is 9.53 Å². The summed E-state index contributed by atoms with van der Waals surface area (Å²) < 4.78 is 8.92. The number of anilines is 1. The summed E-state index contributed by atoms with van der Waals surface area (Å²) in [5.41, 5.74) is 2.73. The van der Waals surface area contributed by atoms with E-state index in [4.69, 9.17) is 16.3 Å². The van der Waals surface area contributed by atoms with Gasteiger partial charge in [-0.25, -0.2) is 4.68 Å². The number of benzene rings is 2. The van der Waals surface area contributed by atoms with E-state index in [1.54, 1.807) is 35.1 Å². The third kappa shape index (κ3) is 4.52. The van der Waals surface area contributed by atoms with E-state index in [2.05, 4.69) is 34.6 Å². The van der Waals surface area contributed by atoms with E-state index in [1.165, 1.54) is 15.8 Å². The number of amides is 1. The van der Waals surface area contributed by atoms with Crippen molar-refractivity contribution in [2.45, 2.75) is 20.2 Å². The van der Waals surface area contributed by atoms with Crippen molar-refractivity contribution in [1.29, 1.82) is 0 Å². The molecule has 7 nitrogen and oxygen atoms in total. The number of hydrogen-bond donors (Lipinski definition) is 1. The number of nitrogens with one attached hydrogen (secondary N) is 1. The lowest BCUT2D eigenvalue weighted by molar-refractivity contribution is 0.100. The van der Waals surface area contributed by atoms with Crippen molar-refractivity contribution in [3.8, 4) is 5.75 Å². The van der Waals surface area contributed by atoms with Gasteiger partial charge in [-0.1, -0.05) is 48.0 Å². The number of hydrogen-bond acceptors (Lipinski definition) is 4. The molecular weight excluding hydrogens is 402 g/mol. The molecule has 0 aliphatic heterocycles. The topological polar surface area (TPSA) is 74.0 Å². The Morgan fingerprint density at radius 2 is 1.90 bits per heavy atom. The highest BCUT2D eigenvalue weighted by Gasteiger charge is 2.14. The average molecular weight is 422 g/mol. The molecule has 152 valence electrons. The molecular formula is C22H20ClN5O2. The number of rotatable bonds is 7. The SMILES string of the molecule is Cc1ccccc1Cn1ccc(NC(=O)c2ccnn2COc2ccccc2Cl)n1. The second kappa shape index (κ2) is 8.84. The van der Waals surface area contributed by atoms with Gasteiger partial charge in [-0.15, -0.1) is 0 Å². The lowest BCUT2D eigenvalue weighted by Crippen LogP contribution is -2.20. The van der Waals surface area contributed by atoms with Crippen LogP contribution >= 0.6 is 11.6 Å². The first-order valence-electron chi connectivity index (χ1n) is 9.38. The highest BCUT2D eigenvalue weighted by atomic mass is 35.5. The van der Waals surface area contributed by atoms with Crippen LogP contribution in [0.4, 0.5) is 5.82 Å². The normalized spacial score (nSPS) is 10.7. The number of ether oxygens (including phenoxy) is 1. The van der Waals surface area contributed by atoms with Crippen LogP contribution in [0.2, 0.25) is 5.02 Å². The first-order valence-corrected chi connectivity index (χ1v) is 9.76. The van der Waals surface area contributed by atoms with Crippen LogP contribution in [0, 0.1) is 6.92 Å². The van der Waals surface area contributed by atoms with Crippen LogP contribution in [0.3, 0.4) is 0 Å². The Balaban J connectivity index is 1.40. The Labute approximate surface area is 178 Å². The smallest absolute Gasteiger partial charge is 0.275 e. The molecule has 4 aromatic rings. The van der Waals surface area contributed by atoms with Gasteiger partial charge in [-0.3, -0.25) is 9.48 Å². The summed E-state index contributed by atoms with van der Waals surface area (Å²) in [4.78, 5) is 12.7. The van der Waals surface area contributed by atoms with Gasteiger partial charge in [0.2, 0.25) is 0 Å². The number of halogens is 1. The minimum atomic E-state index is -0.323. The zero-order valence-corrected chi connectivity index (χ0v) is 17.1. The minimum absolute atomic E-state index is 0.0568. The molecule has 2 heterocycles. The Morgan fingerprint density at radius 3 is 2.73 bits per heavy atom. The number of aromatic nitrogens is 4. The molecule has 0 saturated heterocycles. The molecule has 0 bridgehead atoms. The molecule has 0 spiro atoms. The Hall–Kier alpha value is -3.58. The molecule has 2 aromatic carbocycles. The second-order valence-corrected chi connectivity index (χ2v) is 7.11. The summed E-state index contributed by atoms with van der Waals surface area (Å²) in [5.74, 6) is 0.667. The van der Waals surface area contributed by atoms with Gasteiger partial charge < -0.3 is 10.1 Å². The molecule has 0 unspecified atom stereocenters. The first kappa shape index (κ1) is 19.7. The first-order chi connectivity index (χ1) is 14.6. The second-order valence-electron chi connectivity index (χ2n) is 6.70. The van der Waals surface area contributed by atoms with E-state index >= 15 is 0 Å². The molecule has 8 heteroatoms. The fraction of sp³-hybridized carbons (Fsp3) is 0.136. The third-order valence-corrected chi connectivity index (χ3v) is 4.92. The van der Waals surface area contributed by atoms with Crippen LogP contribution in [-0.4, -0.2) is 25.5 Å². The zero-order valence-electron chi connectivity index (χ0n) is 16.3. The minimum Gasteiger partial charge on any atom is -0.470 e. The van der Waals surface area contributed by atoms with Crippen LogP contribution in [0.5, 0.6) is 5.75 Å². The lowest BCUT2D eigenvalue weighted by atomic mass is 10.1. The zero-order chi connectivity index (χ0) is 20.9. The summed E-state index contributed by atoms with van der Waals surface area (Å²) in [5, 5.41) is 11.9. The summed E-state index contributed by atoms with van der Waals surface area (Å²) in [6.07, 6.45) is 3.38. The van der Waals surface area contributed by atoms with Gasteiger partial charge in [0.1, 0.15) is 11.4 Å². The maximum atomic E-state index is 12.7. The Kier molecular flexibility index (Phi) is 5.81. The summed E-state index contributed by atoms with van der Waals surface area (Å²) in [7, 11) is 0. The van der Waals surface area contributed by atoms with Gasteiger partial charge in [0, 0.05) is 18.5 Å². The predicted octanol–water partition coefficient (Wildman–Crippen LogP) is 4.38. The van der Waals surface area contributed by atoms with Crippen molar-refractivity contribution in [2.24, 2.45) is 0 Å². The molecule has 1 amide bonds. The lowest BCUT2D eigenvalue weighted by Gasteiger charge is -2.10. The maximum absolute atomic E-state index is 12.7. The fourth-order valence-electron chi connectivity index (χ4n) is 2.98. The Morgan fingerprint density at radius 1 is 1.10 bits per heavy atom. The van der Waals surface area contributed by atoms with E-state index in [-0.39, 0.29) is 12.6 Å². The highest BCUT2D eigenvalue weighted by molar-refractivity contribution is 6.32. The largest absolute Gasteiger partial charge is 0.470 e. The van der Waals surface area contributed by atoms with Gasteiger partial charge in [0.25, 0.3) is 5.91 Å². The van der Waals surface area contributed by atoms with Crippen LogP contribution in [0.1, 0.15) is 21.6 Å². The van der Waals surface area contributed by atoms with E-state index in [9.17, 15) is 4.79 Å². The van der Waals surface area contributed by atoms with Crippen molar-refractivity contribution >= 4 is 23.3 Å². The molecule has 30 heavy (non-hydrogen) atoms. The molecule has 1 N–H and O–H groups in total. The standard InChI is InChI=1S/C22H20ClN5O2/c1-16-6-2-3-7-17(16)14-27-13-11-21(26-27)25-22(29)19-10-12-24-28(19)15-30-20-9-5-4-8-18(20)23/h2-13H,14-15H2,1H3,(H,25,26,29). The van der Waals surface area contributed by atoms with Crippen molar-refractivity contribution in [3.63, 3.8) is 0 Å². The predicted molar refractivity (Wildman–Crippen MR) is 115 cm³/mol. The van der Waals surface area contributed by atoms with E-state index in [0.717, 1.165) is 0 Å². The molecule has 0 atom stereocenters. The summed E-state index contributed by atoms with van der Waals surface area (Å²) >= 11 is 6.10. The molecule has 4 rings (SSSR count). The van der Waals surface area contributed by atoms with Crippen molar-refractivity contribution in [3.05, 3.63) is 94.9 Å². The van der Waals surface area contributed by atoms with Gasteiger partial charge >= 0.3 is 0 Å². The van der Waals surface area contributed by atoms with E-state index in [0.29, 0.717) is 28.8 Å². The Bertz CT molecular complexity index is 1170. The number of carbonyl (C=O) groups excluding carboxylic acids is 1. The highest BCUT2D eigenvalue weighted by Crippen LogP contribution is 2.23. The number of carbonyl (C=O) groups is 1. The van der Waals surface area contributed by atoms with Gasteiger partial charge in [-0.05, 0) is 36.2 Å². The van der Waals surface area contributed by atoms with Crippen LogP contribution < -0.4 is 10.1 Å². The molecule has 0 aliphatic carbocycles. The van der Waals surface area contributed by atoms with Crippen LogP contribution in [-0.2, 0) is 13.3 Å². The monoisotopic (exact) mass is 421 g/mol. The fourth-order valence-corrected chi connectivity index (χ4v) is 3.17. The molecule has 0 saturated carbocycles. The molecule has 0 aliphatic rings. The van der Waals surface area contributed by atoms with Crippen LogP contribution in [0.15, 0.2) is 73.1 Å². The molecule has 0 fully saturated rings. The van der Waals surface area contributed by atoms with Crippen LogP contribution in [0.25, 0.3) is 0 Å². The van der Waals surface area contributed by atoms with E-state index < -0.39 is 0 Å². The number of aryl methyl sites for hydroxylation is 1. The molecule has 0 radical (unpaired) electrons. The average Bonchev–Trinajstić information content (AvgIpc) is 3.38. The number of nitrogens with zero attached hydrogens (tertiary/aromatic N) is 4. The molecule has 2 aromatic heterocycles. The van der Waals surface area contributed by atoms with Gasteiger partial charge in [0.15, 0.2) is 12.5 Å². The summed E-state index contributed by atoms with van der Waals surface area (Å²) in [6, 6.07) is 18.7. The van der Waals surface area contributed by atoms with Gasteiger partial charge in [0.05, 0.1) is 11.6 Å². The summed E-state index contributed by atoms with van der Waals surface area (Å²) in [6.45, 7) is 2.75. The third-order valence-electron chi connectivity index (χ3n) is 4.60. The van der Waals surface area contributed by atoms with Gasteiger partial charge in [-0.2, -0.15) is 10.2 Å². The van der Waals surface area contributed by atoms with Crippen molar-refractivity contribution in [1.82, 2.24) is 19.6 Å².